The number of nitrogens with two attached hydrogens (primary N) is 1. The highest BCUT2D eigenvalue weighted by atomic mass is 79.9. The molecule has 0 spiro atoms. The van der Waals surface area contributed by atoms with Gasteiger partial charge >= 0.3 is 0 Å². The highest BCUT2D eigenvalue weighted by Gasteiger charge is 2.17. The Labute approximate surface area is 101 Å². The summed E-state index contributed by atoms with van der Waals surface area (Å²) < 4.78 is 1.02. The van der Waals surface area contributed by atoms with E-state index in [-0.39, 0.29) is 5.11 Å². The summed E-state index contributed by atoms with van der Waals surface area (Å²) >= 11 is 8.10. The Hall–Kier alpha value is -1.14. The van der Waals surface area contributed by atoms with Crippen LogP contribution in [-0.2, 0) is 0 Å². The van der Waals surface area contributed by atoms with Crippen LogP contribution in [-0.4, -0.2) is 17.4 Å². The van der Waals surface area contributed by atoms with Crippen molar-refractivity contribution in [2.45, 2.75) is 0 Å². The Kier molecular flexibility index (Phi) is 2.88. The van der Waals surface area contributed by atoms with Crippen molar-refractivity contribution >= 4 is 44.7 Å². The van der Waals surface area contributed by atoms with Gasteiger partial charge in [0, 0.05) is 15.7 Å². The summed E-state index contributed by atoms with van der Waals surface area (Å²) in [6.45, 7) is 0.682. The number of nitrogens with one attached hydrogen (secondary N) is 2. The largest absolute Gasteiger partial charge is 0.379 e. The second-order valence-electron chi connectivity index (χ2n) is 3.08. The third kappa shape index (κ3) is 2.27. The second-order valence-corrected chi connectivity index (χ2v) is 4.43. The van der Waals surface area contributed by atoms with Gasteiger partial charge in [-0.3, -0.25) is 5.43 Å². The van der Waals surface area contributed by atoms with Crippen molar-refractivity contribution in [2.24, 2.45) is 10.8 Å². The van der Waals surface area contributed by atoms with Crippen LogP contribution in [0, 0.1) is 0 Å². The molecule has 2 rings (SSSR count). The van der Waals surface area contributed by atoms with Gasteiger partial charge in [0.05, 0.1) is 12.3 Å². The van der Waals surface area contributed by atoms with Crippen LogP contribution in [0.2, 0.25) is 0 Å². The first kappa shape index (κ1) is 10.4. The van der Waals surface area contributed by atoms with Crippen molar-refractivity contribution in [3.05, 3.63) is 28.2 Å². The third-order valence-electron chi connectivity index (χ3n) is 2.04. The van der Waals surface area contributed by atoms with Gasteiger partial charge in [-0.05, 0) is 30.4 Å². The molecule has 0 aliphatic carbocycles. The minimum atomic E-state index is 0.172. The molecule has 4 N–H and O–H groups in total. The number of nitrogens with zero attached hydrogens (tertiary/aromatic N) is 1. The van der Waals surface area contributed by atoms with Crippen molar-refractivity contribution in [1.82, 2.24) is 5.43 Å². The molecule has 0 saturated carbocycles. The Bertz CT molecular complexity index is 444. The van der Waals surface area contributed by atoms with E-state index in [4.69, 9.17) is 5.73 Å². The van der Waals surface area contributed by atoms with Crippen LogP contribution in [0.25, 0.3) is 0 Å². The molecule has 6 heteroatoms. The highest BCUT2D eigenvalue weighted by molar-refractivity contribution is 9.10. The molecular formula is C9H9BrN4S. The summed E-state index contributed by atoms with van der Waals surface area (Å²) in [5, 5.41) is 7.52. The maximum absolute atomic E-state index is 5.30. The van der Waals surface area contributed by atoms with Crippen LogP contribution in [0.5, 0.6) is 0 Å². The van der Waals surface area contributed by atoms with Crippen molar-refractivity contribution in [2.75, 3.05) is 11.9 Å². The number of thiocarbonyl (C=S) groups is 1. The van der Waals surface area contributed by atoms with E-state index in [0.717, 1.165) is 21.4 Å². The SMILES string of the molecule is NC(=S)N/N=C1\CNc2ccc(Br)cc21. The van der Waals surface area contributed by atoms with E-state index in [1.54, 1.807) is 0 Å². The van der Waals surface area contributed by atoms with Crippen LogP contribution in [0.1, 0.15) is 5.56 Å². The number of anilines is 1. The van der Waals surface area contributed by atoms with E-state index >= 15 is 0 Å². The minimum Gasteiger partial charge on any atom is -0.379 e. The van der Waals surface area contributed by atoms with Crippen LogP contribution in [0.15, 0.2) is 27.8 Å². The summed E-state index contributed by atoms with van der Waals surface area (Å²) in [7, 11) is 0. The fourth-order valence-corrected chi connectivity index (χ4v) is 1.81. The molecule has 0 amide bonds. The lowest BCUT2D eigenvalue weighted by Crippen LogP contribution is -2.26. The summed E-state index contributed by atoms with van der Waals surface area (Å²) in [6, 6.07) is 5.99. The molecule has 0 saturated heterocycles. The molecule has 0 unspecified atom stereocenters. The smallest absolute Gasteiger partial charge is 0.184 e. The first-order valence-corrected chi connectivity index (χ1v) is 5.53. The fourth-order valence-electron chi connectivity index (χ4n) is 1.41. The molecule has 0 aromatic heterocycles. The Morgan fingerprint density at radius 1 is 1.60 bits per heavy atom. The van der Waals surface area contributed by atoms with Crippen LogP contribution < -0.4 is 16.5 Å². The third-order valence-corrected chi connectivity index (χ3v) is 2.62. The topological polar surface area (TPSA) is 62.4 Å². The molecule has 4 nitrogen and oxygen atoms in total. The van der Waals surface area contributed by atoms with E-state index in [1.807, 2.05) is 18.2 Å². The summed E-state index contributed by atoms with van der Waals surface area (Å²) in [5.41, 5.74) is 10.9. The van der Waals surface area contributed by atoms with Gasteiger partial charge in [-0.15, -0.1) is 0 Å². The lowest BCUT2D eigenvalue weighted by molar-refractivity contribution is 1.03. The molecule has 0 bridgehead atoms. The van der Waals surface area contributed by atoms with Gasteiger partial charge in [-0.2, -0.15) is 5.10 Å². The Morgan fingerprint density at radius 2 is 2.40 bits per heavy atom. The number of rotatable bonds is 1. The molecule has 15 heavy (non-hydrogen) atoms. The predicted octanol–water partition coefficient (Wildman–Crippen LogP) is 1.41. The number of benzene rings is 1. The van der Waals surface area contributed by atoms with E-state index < -0.39 is 0 Å². The van der Waals surface area contributed by atoms with Gasteiger partial charge < -0.3 is 11.1 Å². The maximum atomic E-state index is 5.30. The Morgan fingerprint density at radius 3 is 3.13 bits per heavy atom. The van der Waals surface area contributed by atoms with Crippen molar-refractivity contribution in [3.8, 4) is 0 Å². The number of hydrazone groups is 1. The van der Waals surface area contributed by atoms with E-state index in [0.29, 0.717) is 6.54 Å². The number of hydrogen-bond donors (Lipinski definition) is 3. The standard InChI is InChI=1S/C9H9BrN4S/c10-5-1-2-7-6(3-5)8(4-12-7)13-14-9(11)15/h1-3,12H,4H2,(H3,11,14,15)/b13-8+. The van der Waals surface area contributed by atoms with Gasteiger partial charge in [-0.1, -0.05) is 15.9 Å². The first-order valence-electron chi connectivity index (χ1n) is 4.32. The van der Waals surface area contributed by atoms with Gasteiger partial charge in [0.15, 0.2) is 5.11 Å². The number of fused-ring (bicyclic) bond motifs is 1. The molecule has 1 aromatic rings. The Balaban J connectivity index is 2.31. The molecule has 0 atom stereocenters. The van der Waals surface area contributed by atoms with E-state index in [9.17, 15) is 0 Å². The van der Waals surface area contributed by atoms with Crippen LogP contribution in [0.3, 0.4) is 0 Å². The average Bonchev–Trinajstić information content (AvgIpc) is 2.57. The normalized spacial score (nSPS) is 15.9. The van der Waals surface area contributed by atoms with Gasteiger partial charge in [0.1, 0.15) is 0 Å². The fraction of sp³-hybridized carbons (Fsp3) is 0.111. The van der Waals surface area contributed by atoms with Crippen molar-refractivity contribution < 1.29 is 0 Å². The van der Waals surface area contributed by atoms with Gasteiger partial charge in [-0.25, -0.2) is 0 Å². The minimum absolute atomic E-state index is 0.172. The predicted molar refractivity (Wildman–Crippen MR) is 69.1 cm³/mol. The van der Waals surface area contributed by atoms with Crippen molar-refractivity contribution in [3.63, 3.8) is 0 Å². The zero-order valence-corrected chi connectivity index (χ0v) is 10.2. The number of halogens is 1. The second kappa shape index (κ2) is 4.16. The van der Waals surface area contributed by atoms with E-state index in [1.165, 1.54) is 0 Å². The quantitative estimate of drug-likeness (QED) is 0.539. The van der Waals surface area contributed by atoms with Crippen LogP contribution in [0.4, 0.5) is 5.69 Å². The maximum Gasteiger partial charge on any atom is 0.184 e. The monoisotopic (exact) mass is 284 g/mol. The van der Waals surface area contributed by atoms with E-state index in [2.05, 4.69) is 44.0 Å². The number of hydrogen-bond acceptors (Lipinski definition) is 3. The molecule has 0 fully saturated rings. The summed E-state index contributed by atoms with van der Waals surface area (Å²) in [5.74, 6) is 0. The average molecular weight is 285 g/mol. The lowest BCUT2D eigenvalue weighted by Gasteiger charge is -2.00. The molecule has 1 heterocycles. The lowest BCUT2D eigenvalue weighted by atomic mass is 10.1. The zero-order valence-electron chi connectivity index (χ0n) is 7.75. The highest BCUT2D eigenvalue weighted by Crippen LogP contribution is 2.25. The summed E-state index contributed by atoms with van der Waals surface area (Å²) in [4.78, 5) is 0. The summed E-state index contributed by atoms with van der Waals surface area (Å²) in [6.07, 6.45) is 0. The van der Waals surface area contributed by atoms with Gasteiger partial charge in [0.25, 0.3) is 0 Å². The molecule has 78 valence electrons. The van der Waals surface area contributed by atoms with Crippen molar-refractivity contribution in [1.29, 1.82) is 0 Å². The zero-order chi connectivity index (χ0) is 10.8. The molecule has 1 aliphatic rings. The molecular weight excluding hydrogens is 276 g/mol. The first-order chi connectivity index (χ1) is 7.16. The molecule has 1 aliphatic heterocycles. The molecule has 1 aromatic carbocycles. The van der Waals surface area contributed by atoms with Crippen LogP contribution >= 0.6 is 28.1 Å². The van der Waals surface area contributed by atoms with Gasteiger partial charge in [0.2, 0.25) is 0 Å². The molecule has 0 radical (unpaired) electrons.